The van der Waals surface area contributed by atoms with Gasteiger partial charge in [-0.15, -0.1) is 0 Å². The molecular weight excluding hydrogens is 422 g/mol. The molecular formula is C29H39N3O2. The number of piperidine rings is 1. The van der Waals surface area contributed by atoms with E-state index in [2.05, 4.69) is 28.5 Å². The highest BCUT2D eigenvalue weighted by Crippen LogP contribution is 2.27. The maximum absolute atomic E-state index is 13.0. The van der Waals surface area contributed by atoms with Crippen LogP contribution in [0, 0.1) is 5.92 Å². The molecule has 0 unspecified atom stereocenters. The van der Waals surface area contributed by atoms with Crippen LogP contribution < -0.4 is 15.5 Å². The third-order valence-electron chi connectivity index (χ3n) is 7.53. The van der Waals surface area contributed by atoms with Gasteiger partial charge in [-0.2, -0.15) is 0 Å². The maximum atomic E-state index is 13.0. The Labute approximate surface area is 204 Å². The summed E-state index contributed by atoms with van der Waals surface area (Å²) >= 11 is 0. The van der Waals surface area contributed by atoms with E-state index >= 15 is 0 Å². The van der Waals surface area contributed by atoms with Gasteiger partial charge in [-0.3, -0.25) is 9.59 Å². The van der Waals surface area contributed by atoms with Crippen LogP contribution >= 0.6 is 0 Å². The molecule has 1 heterocycles. The molecule has 4 rings (SSSR count). The van der Waals surface area contributed by atoms with Crippen molar-refractivity contribution in [3.8, 4) is 0 Å². The van der Waals surface area contributed by atoms with Gasteiger partial charge >= 0.3 is 0 Å². The Hall–Kier alpha value is -2.82. The van der Waals surface area contributed by atoms with E-state index in [4.69, 9.17) is 0 Å². The molecule has 0 bridgehead atoms. The van der Waals surface area contributed by atoms with E-state index in [-0.39, 0.29) is 23.8 Å². The van der Waals surface area contributed by atoms with E-state index < -0.39 is 0 Å². The molecule has 5 nitrogen and oxygen atoms in total. The number of carbonyl (C=O) groups excluding carboxylic acids is 2. The lowest BCUT2D eigenvalue weighted by atomic mass is 9.89. The zero-order valence-electron chi connectivity index (χ0n) is 20.5. The zero-order chi connectivity index (χ0) is 23.8. The van der Waals surface area contributed by atoms with Gasteiger partial charge in [-0.25, -0.2) is 0 Å². The van der Waals surface area contributed by atoms with E-state index in [0.29, 0.717) is 5.92 Å². The van der Waals surface area contributed by atoms with E-state index in [1.165, 1.54) is 32.1 Å². The van der Waals surface area contributed by atoms with Gasteiger partial charge in [0.1, 0.15) is 0 Å². The minimum absolute atomic E-state index is 0.0326. The number of para-hydroxylation sites is 1. The Morgan fingerprint density at radius 3 is 2.29 bits per heavy atom. The van der Waals surface area contributed by atoms with Gasteiger partial charge in [0.05, 0.1) is 11.5 Å². The average Bonchev–Trinajstić information content (AvgIpc) is 2.89. The summed E-state index contributed by atoms with van der Waals surface area (Å²) in [5.41, 5.74) is 2.84. The van der Waals surface area contributed by atoms with Gasteiger partial charge in [0, 0.05) is 31.4 Å². The van der Waals surface area contributed by atoms with Crippen molar-refractivity contribution in [2.24, 2.45) is 5.92 Å². The molecule has 2 N–H and O–H groups in total. The second-order valence-electron chi connectivity index (χ2n) is 9.87. The first-order valence-corrected chi connectivity index (χ1v) is 13.1. The van der Waals surface area contributed by atoms with Crippen LogP contribution in [0.1, 0.15) is 80.1 Å². The predicted octanol–water partition coefficient (Wildman–Crippen LogP) is 5.28. The van der Waals surface area contributed by atoms with E-state index in [1.54, 1.807) is 0 Å². The molecule has 34 heavy (non-hydrogen) atoms. The fraction of sp³-hybridized carbons (Fsp3) is 0.517. The number of anilines is 1. The van der Waals surface area contributed by atoms with Gasteiger partial charge in [-0.05, 0) is 55.7 Å². The molecule has 2 fully saturated rings. The Morgan fingerprint density at radius 2 is 1.59 bits per heavy atom. The summed E-state index contributed by atoms with van der Waals surface area (Å²) in [7, 11) is 0. The number of amides is 2. The average molecular weight is 462 g/mol. The zero-order valence-corrected chi connectivity index (χ0v) is 20.5. The molecule has 1 aliphatic heterocycles. The van der Waals surface area contributed by atoms with Crippen LogP contribution in [0.2, 0.25) is 0 Å². The number of hydrogen-bond donors (Lipinski definition) is 2. The Balaban J connectivity index is 1.31. The summed E-state index contributed by atoms with van der Waals surface area (Å²) in [5, 5.41) is 6.48. The first-order valence-electron chi connectivity index (χ1n) is 13.1. The molecule has 0 aromatic heterocycles. The Bertz CT molecular complexity index is 931. The van der Waals surface area contributed by atoms with Crippen LogP contribution in [0.5, 0.6) is 0 Å². The van der Waals surface area contributed by atoms with Crippen LogP contribution in [0.3, 0.4) is 0 Å². The summed E-state index contributed by atoms with van der Waals surface area (Å²) in [5.74, 6) is 0.666. The molecule has 2 aromatic rings. The van der Waals surface area contributed by atoms with Crippen molar-refractivity contribution in [1.29, 1.82) is 0 Å². The molecule has 2 amide bonds. The molecule has 2 aliphatic rings. The summed E-state index contributed by atoms with van der Waals surface area (Å²) in [6.45, 7) is 4.51. The van der Waals surface area contributed by atoms with Crippen molar-refractivity contribution in [2.45, 2.75) is 70.3 Å². The highest BCUT2D eigenvalue weighted by molar-refractivity contribution is 5.99. The smallest absolute Gasteiger partial charge is 0.253 e. The lowest BCUT2D eigenvalue weighted by Gasteiger charge is -2.35. The van der Waals surface area contributed by atoms with Gasteiger partial charge in [0.2, 0.25) is 5.91 Å². The fourth-order valence-corrected chi connectivity index (χ4v) is 5.49. The highest BCUT2D eigenvalue weighted by Gasteiger charge is 2.26. The minimum Gasteiger partial charge on any atom is -0.371 e. The Kier molecular flexibility index (Phi) is 8.62. The standard InChI is InChI=1S/C29H39N3O2/c1-2-25(23-13-7-4-8-14-23)29(34)31-24-17-19-32(20-18-24)27-16-10-9-15-26(27)28(33)30-21-22-11-5-3-6-12-22/h4,7-10,13-16,22,24-25H,2-3,5-6,11-12,17-21H2,1H3,(H,30,33)(H,31,34)/t25-/m0/s1. The predicted molar refractivity (Wildman–Crippen MR) is 138 cm³/mol. The van der Waals surface area contributed by atoms with Crippen molar-refractivity contribution in [3.05, 3.63) is 65.7 Å². The first-order chi connectivity index (χ1) is 16.7. The number of nitrogens with zero attached hydrogens (tertiary/aromatic N) is 1. The summed E-state index contributed by atoms with van der Waals surface area (Å²) < 4.78 is 0. The molecule has 5 heteroatoms. The lowest BCUT2D eigenvalue weighted by Crippen LogP contribution is -2.46. The number of carbonyl (C=O) groups is 2. The summed E-state index contributed by atoms with van der Waals surface area (Å²) in [6.07, 6.45) is 8.91. The van der Waals surface area contributed by atoms with Gasteiger partial charge < -0.3 is 15.5 Å². The number of benzene rings is 2. The van der Waals surface area contributed by atoms with Crippen molar-refractivity contribution in [3.63, 3.8) is 0 Å². The van der Waals surface area contributed by atoms with E-state index in [9.17, 15) is 9.59 Å². The summed E-state index contributed by atoms with van der Waals surface area (Å²) in [6, 6.07) is 18.2. The number of nitrogens with one attached hydrogen (secondary N) is 2. The molecule has 1 saturated carbocycles. The van der Waals surface area contributed by atoms with Crippen LogP contribution in [0.4, 0.5) is 5.69 Å². The Morgan fingerprint density at radius 1 is 0.912 bits per heavy atom. The molecule has 1 aliphatic carbocycles. The monoisotopic (exact) mass is 461 g/mol. The quantitative estimate of drug-likeness (QED) is 0.563. The molecule has 1 saturated heterocycles. The normalized spacial score (nSPS) is 18.3. The molecule has 182 valence electrons. The topological polar surface area (TPSA) is 61.4 Å². The molecule has 0 radical (unpaired) electrons. The third-order valence-corrected chi connectivity index (χ3v) is 7.53. The number of rotatable bonds is 8. The van der Waals surface area contributed by atoms with Gasteiger partial charge in [-0.1, -0.05) is 68.7 Å². The maximum Gasteiger partial charge on any atom is 0.253 e. The van der Waals surface area contributed by atoms with Crippen LogP contribution in [0.15, 0.2) is 54.6 Å². The van der Waals surface area contributed by atoms with Crippen molar-refractivity contribution >= 4 is 17.5 Å². The SMILES string of the molecule is CC[C@H](C(=O)NC1CCN(c2ccccc2C(=O)NCC2CCCCC2)CC1)c1ccccc1. The fourth-order valence-electron chi connectivity index (χ4n) is 5.49. The van der Waals surface area contributed by atoms with Crippen LogP contribution in [-0.2, 0) is 4.79 Å². The van der Waals surface area contributed by atoms with E-state index in [1.807, 2.05) is 48.5 Å². The van der Waals surface area contributed by atoms with Gasteiger partial charge in [0.25, 0.3) is 5.91 Å². The van der Waals surface area contributed by atoms with Crippen LogP contribution in [-0.4, -0.2) is 37.5 Å². The highest BCUT2D eigenvalue weighted by atomic mass is 16.2. The largest absolute Gasteiger partial charge is 0.371 e. The van der Waals surface area contributed by atoms with Crippen molar-refractivity contribution < 1.29 is 9.59 Å². The summed E-state index contributed by atoms with van der Waals surface area (Å²) in [4.78, 5) is 28.3. The van der Waals surface area contributed by atoms with E-state index in [0.717, 1.165) is 55.7 Å². The number of hydrogen-bond acceptors (Lipinski definition) is 3. The first kappa shape index (κ1) is 24.3. The van der Waals surface area contributed by atoms with Crippen LogP contribution in [0.25, 0.3) is 0 Å². The minimum atomic E-state index is -0.104. The van der Waals surface area contributed by atoms with Crippen molar-refractivity contribution in [2.75, 3.05) is 24.5 Å². The third kappa shape index (κ3) is 6.19. The molecule has 2 aromatic carbocycles. The second kappa shape index (κ2) is 12.0. The van der Waals surface area contributed by atoms with Gasteiger partial charge in [0.15, 0.2) is 0 Å². The van der Waals surface area contributed by atoms with Crippen molar-refractivity contribution in [1.82, 2.24) is 10.6 Å². The second-order valence-corrected chi connectivity index (χ2v) is 9.87. The molecule has 1 atom stereocenters. The lowest BCUT2D eigenvalue weighted by molar-refractivity contribution is -0.123. The molecule has 0 spiro atoms.